The molecule has 21 heavy (non-hydrogen) atoms. The maximum Gasteiger partial charge on any atom is 0.129 e. The van der Waals surface area contributed by atoms with E-state index in [2.05, 4.69) is 40.7 Å². The third-order valence-corrected chi connectivity index (χ3v) is 5.49. The van der Waals surface area contributed by atoms with Crippen molar-refractivity contribution in [2.24, 2.45) is 0 Å². The average molecular weight is 299 g/mol. The Morgan fingerprint density at radius 2 is 2.24 bits per heavy atom. The van der Waals surface area contributed by atoms with E-state index in [9.17, 15) is 0 Å². The van der Waals surface area contributed by atoms with Crippen LogP contribution in [-0.2, 0) is 19.5 Å². The summed E-state index contributed by atoms with van der Waals surface area (Å²) in [7, 11) is 0. The van der Waals surface area contributed by atoms with Crippen molar-refractivity contribution in [3.8, 4) is 0 Å². The van der Waals surface area contributed by atoms with E-state index >= 15 is 0 Å². The van der Waals surface area contributed by atoms with Crippen molar-refractivity contribution < 1.29 is 0 Å². The van der Waals surface area contributed by atoms with Gasteiger partial charge in [0.05, 0.1) is 0 Å². The van der Waals surface area contributed by atoms with Gasteiger partial charge in [0.15, 0.2) is 0 Å². The molecule has 2 aliphatic rings. The lowest BCUT2D eigenvalue weighted by Gasteiger charge is -2.28. The van der Waals surface area contributed by atoms with Gasteiger partial charge >= 0.3 is 0 Å². The summed E-state index contributed by atoms with van der Waals surface area (Å²) >= 11 is 1.89. The molecule has 0 radical (unpaired) electrons. The van der Waals surface area contributed by atoms with Gasteiger partial charge in [0.25, 0.3) is 0 Å². The topological polar surface area (TPSA) is 28.2 Å². The molecule has 3 nitrogen and oxygen atoms in total. The number of fused-ring (bicyclic) bond motifs is 1. The molecule has 1 aliphatic carbocycles. The molecule has 4 heteroatoms. The fraction of sp³-hybridized carbons (Fsp3) is 0.471. The number of hydrogen-bond acceptors (Lipinski definition) is 4. The van der Waals surface area contributed by atoms with Crippen LogP contribution in [0.5, 0.6) is 0 Å². The second kappa shape index (κ2) is 5.43. The quantitative estimate of drug-likeness (QED) is 0.939. The van der Waals surface area contributed by atoms with Gasteiger partial charge < -0.3 is 10.2 Å². The average Bonchev–Trinajstić information content (AvgIpc) is 3.21. The van der Waals surface area contributed by atoms with Gasteiger partial charge in [-0.25, -0.2) is 4.98 Å². The highest BCUT2D eigenvalue weighted by Gasteiger charge is 2.21. The minimum absolute atomic E-state index is 0.753. The van der Waals surface area contributed by atoms with E-state index in [4.69, 9.17) is 4.98 Å². The normalized spacial score (nSPS) is 17.9. The molecule has 2 aromatic rings. The minimum atomic E-state index is 0.753. The first-order valence-electron chi connectivity index (χ1n) is 7.80. The molecule has 1 fully saturated rings. The second-order valence-electron chi connectivity index (χ2n) is 6.11. The number of anilines is 1. The molecule has 1 aliphatic heterocycles. The summed E-state index contributed by atoms with van der Waals surface area (Å²) in [6.45, 7) is 5.18. The lowest BCUT2D eigenvalue weighted by atomic mass is 10.1. The molecular formula is C17H21N3S. The smallest absolute Gasteiger partial charge is 0.129 e. The fourth-order valence-corrected chi connectivity index (χ4v) is 3.82. The number of pyridine rings is 1. The Bertz CT molecular complexity index is 645. The molecular weight excluding hydrogens is 278 g/mol. The predicted octanol–water partition coefficient (Wildman–Crippen LogP) is 3.27. The summed E-state index contributed by atoms with van der Waals surface area (Å²) in [5, 5.41) is 5.78. The molecule has 0 saturated heterocycles. The Hall–Kier alpha value is -1.39. The second-order valence-corrected chi connectivity index (χ2v) is 7.11. The van der Waals surface area contributed by atoms with Gasteiger partial charge in [-0.2, -0.15) is 0 Å². The monoisotopic (exact) mass is 299 g/mol. The van der Waals surface area contributed by atoms with Gasteiger partial charge in [-0.1, -0.05) is 6.07 Å². The van der Waals surface area contributed by atoms with Crippen LogP contribution < -0.4 is 10.2 Å². The highest BCUT2D eigenvalue weighted by molar-refractivity contribution is 7.10. The molecule has 110 valence electrons. The summed E-state index contributed by atoms with van der Waals surface area (Å²) in [6, 6.07) is 7.44. The molecule has 0 bridgehead atoms. The number of hydrogen-bond donors (Lipinski definition) is 1. The largest absolute Gasteiger partial charge is 0.352 e. The Labute approximate surface area is 130 Å². The minimum Gasteiger partial charge on any atom is -0.352 e. The number of rotatable bonds is 4. The Balaban J connectivity index is 1.49. The lowest BCUT2D eigenvalue weighted by molar-refractivity contribution is 0.679. The number of aromatic nitrogens is 1. The Morgan fingerprint density at radius 1 is 1.33 bits per heavy atom. The summed E-state index contributed by atoms with van der Waals surface area (Å²) < 4.78 is 0. The number of nitrogens with one attached hydrogen (secondary N) is 1. The van der Waals surface area contributed by atoms with Gasteiger partial charge in [-0.05, 0) is 54.8 Å². The molecule has 0 amide bonds. The van der Waals surface area contributed by atoms with Crippen LogP contribution >= 0.6 is 11.3 Å². The maximum absolute atomic E-state index is 4.84. The first-order valence-corrected chi connectivity index (χ1v) is 8.67. The molecule has 2 aromatic heterocycles. The van der Waals surface area contributed by atoms with E-state index in [1.165, 1.54) is 24.0 Å². The third-order valence-electron chi connectivity index (χ3n) is 4.47. The maximum atomic E-state index is 4.84. The lowest BCUT2D eigenvalue weighted by Crippen LogP contribution is -2.30. The van der Waals surface area contributed by atoms with E-state index in [0.29, 0.717) is 0 Å². The SMILES string of the molecule is Cc1nc(N2CCc3sccc3C2)ccc1CNC1CC1. The molecule has 3 heterocycles. The van der Waals surface area contributed by atoms with Crippen LogP contribution in [0.3, 0.4) is 0 Å². The summed E-state index contributed by atoms with van der Waals surface area (Å²) in [6.07, 6.45) is 3.82. The Morgan fingerprint density at radius 3 is 3.05 bits per heavy atom. The molecule has 0 spiro atoms. The van der Waals surface area contributed by atoms with Gasteiger partial charge in [0, 0.05) is 36.2 Å². The van der Waals surface area contributed by atoms with E-state index in [1.807, 2.05) is 11.3 Å². The molecule has 0 aromatic carbocycles. The van der Waals surface area contributed by atoms with Gasteiger partial charge in [0.2, 0.25) is 0 Å². The highest BCUT2D eigenvalue weighted by atomic mass is 32.1. The van der Waals surface area contributed by atoms with Crippen LogP contribution in [-0.4, -0.2) is 17.6 Å². The van der Waals surface area contributed by atoms with E-state index < -0.39 is 0 Å². The van der Waals surface area contributed by atoms with E-state index in [-0.39, 0.29) is 0 Å². The first kappa shape index (κ1) is 13.3. The van der Waals surface area contributed by atoms with Crippen molar-refractivity contribution in [1.82, 2.24) is 10.3 Å². The zero-order valence-corrected chi connectivity index (χ0v) is 13.2. The standard InChI is InChI=1S/C17H21N3S/c1-12-13(10-18-15-3-4-15)2-5-17(19-12)20-8-6-16-14(11-20)7-9-21-16/h2,5,7,9,15,18H,3-4,6,8,10-11H2,1H3. The molecule has 0 unspecified atom stereocenters. The number of aryl methyl sites for hydroxylation is 1. The summed E-state index contributed by atoms with van der Waals surface area (Å²) in [5.74, 6) is 1.12. The van der Waals surface area contributed by atoms with Crippen molar-refractivity contribution in [2.45, 2.75) is 45.3 Å². The molecule has 4 rings (SSSR count). The number of thiophene rings is 1. The van der Waals surface area contributed by atoms with Gasteiger partial charge in [-0.3, -0.25) is 0 Å². The van der Waals surface area contributed by atoms with E-state index in [0.717, 1.165) is 43.6 Å². The molecule has 0 atom stereocenters. The van der Waals surface area contributed by atoms with Crippen molar-refractivity contribution in [3.63, 3.8) is 0 Å². The summed E-state index contributed by atoms with van der Waals surface area (Å²) in [4.78, 5) is 8.79. The fourth-order valence-electron chi connectivity index (χ4n) is 2.93. The molecule has 1 saturated carbocycles. The van der Waals surface area contributed by atoms with Crippen molar-refractivity contribution >= 4 is 17.2 Å². The van der Waals surface area contributed by atoms with E-state index in [1.54, 1.807) is 4.88 Å². The Kier molecular flexibility index (Phi) is 3.43. The zero-order valence-electron chi connectivity index (χ0n) is 12.4. The van der Waals surface area contributed by atoms with Crippen LogP contribution in [0.2, 0.25) is 0 Å². The number of nitrogens with zero attached hydrogens (tertiary/aromatic N) is 2. The van der Waals surface area contributed by atoms with Gasteiger partial charge in [-0.15, -0.1) is 11.3 Å². The van der Waals surface area contributed by atoms with Gasteiger partial charge in [0.1, 0.15) is 5.82 Å². The predicted molar refractivity (Wildman–Crippen MR) is 87.9 cm³/mol. The van der Waals surface area contributed by atoms with Crippen LogP contribution in [0.15, 0.2) is 23.6 Å². The highest BCUT2D eigenvalue weighted by Crippen LogP contribution is 2.27. The van der Waals surface area contributed by atoms with Crippen molar-refractivity contribution in [3.05, 3.63) is 45.3 Å². The van der Waals surface area contributed by atoms with Crippen LogP contribution in [0.4, 0.5) is 5.82 Å². The summed E-state index contributed by atoms with van der Waals surface area (Å²) in [5.41, 5.74) is 3.97. The van der Waals surface area contributed by atoms with Crippen LogP contribution in [0.25, 0.3) is 0 Å². The van der Waals surface area contributed by atoms with Crippen LogP contribution in [0, 0.1) is 6.92 Å². The van der Waals surface area contributed by atoms with Crippen molar-refractivity contribution in [2.75, 3.05) is 11.4 Å². The van der Waals surface area contributed by atoms with Crippen LogP contribution in [0.1, 0.15) is 34.5 Å². The molecule has 1 N–H and O–H groups in total. The van der Waals surface area contributed by atoms with Crippen molar-refractivity contribution in [1.29, 1.82) is 0 Å². The first-order chi connectivity index (χ1) is 10.3. The zero-order chi connectivity index (χ0) is 14.2. The third kappa shape index (κ3) is 2.83.